The number of hydrogen-bond donors (Lipinski definition) is 1. The Balaban J connectivity index is 1.52. The van der Waals surface area contributed by atoms with Gasteiger partial charge in [-0.3, -0.25) is 0 Å². The Labute approximate surface area is 192 Å². The van der Waals surface area contributed by atoms with Gasteiger partial charge in [-0.2, -0.15) is 0 Å². The predicted octanol–water partition coefficient (Wildman–Crippen LogP) is 5.29. The molecule has 0 aromatic heterocycles. The van der Waals surface area contributed by atoms with Gasteiger partial charge in [-0.25, -0.2) is 0 Å². The van der Waals surface area contributed by atoms with Gasteiger partial charge in [-0.05, 0) is 43.0 Å². The molecule has 2 aromatic carbocycles. The minimum Gasteiger partial charge on any atom is -0.497 e. The average Bonchev–Trinajstić information content (AvgIpc) is 3.20. The summed E-state index contributed by atoms with van der Waals surface area (Å²) in [4.78, 5) is 0. The summed E-state index contributed by atoms with van der Waals surface area (Å²) >= 11 is 0. The second kappa shape index (κ2) is 11.6. The summed E-state index contributed by atoms with van der Waals surface area (Å²) in [6.45, 7) is 9.27. The first-order valence-electron chi connectivity index (χ1n) is 11.3. The SMILES string of the molecule is COc1ccc(C2O[C@@H]([C@H](C)[C@@H](O)/C(C)=C/[C@@H](C)COCc3ccccc3)[C@H](C)O2)cc1. The van der Waals surface area contributed by atoms with Crippen LogP contribution in [-0.2, 0) is 20.8 Å². The van der Waals surface area contributed by atoms with Crippen LogP contribution in [-0.4, -0.2) is 37.1 Å². The number of rotatable bonds is 10. The Kier molecular flexibility index (Phi) is 8.88. The van der Waals surface area contributed by atoms with Gasteiger partial charge in [0.2, 0.25) is 0 Å². The molecule has 0 bridgehead atoms. The van der Waals surface area contributed by atoms with Crippen molar-refractivity contribution in [1.82, 2.24) is 0 Å². The fourth-order valence-electron chi connectivity index (χ4n) is 4.15. The number of aliphatic hydroxyl groups is 1. The molecule has 1 aliphatic heterocycles. The van der Waals surface area contributed by atoms with E-state index >= 15 is 0 Å². The van der Waals surface area contributed by atoms with Crippen LogP contribution in [0, 0.1) is 11.8 Å². The maximum absolute atomic E-state index is 11.0. The molecular weight excluding hydrogens is 404 g/mol. The molecule has 1 unspecified atom stereocenters. The van der Waals surface area contributed by atoms with E-state index in [1.807, 2.05) is 63.2 Å². The van der Waals surface area contributed by atoms with Crippen LogP contribution in [0.3, 0.4) is 0 Å². The lowest BCUT2D eigenvalue weighted by Gasteiger charge is -2.27. The quantitative estimate of drug-likeness (QED) is 0.509. The van der Waals surface area contributed by atoms with E-state index in [1.54, 1.807) is 7.11 Å². The molecule has 1 saturated heterocycles. The summed E-state index contributed by atoms with van der Waals surface area (Å²) in [5.74, 6) is 0.885. The Morgan fingerprint density at radius 3 is 2.41 bits per heavy atom. The summed E-state index contributed by atoms with van der Waals surface area (Å²) in [5, 5.41) is 11.0. The van der Waals surface area contributed by atoms with Crippen LogP contribution < -0.4 is 4.74 Å². The highest BCUT2D eigenvalue weighted by Crippen LogP contribution is 2.36. The molecule has 0 saturated carbocycles. The summed E-state index contributed by atoms with van der Waals surface area (Å²) in [6.07, 6.45) is 0.715. The third kappa shape index (κ3) is 6.42. The summed E-state index contributed by atoms with van der Waals surface area (Å²) in [5.41, 5.74) is 3.03. The van der Waals surface area contributed by atoms with Crippen LogP contribution in [0.5, 0.6) is 5.75 Å². The smallest absolute Gasteiger partial charge is 0.184 e. The second-order valence-corrected chi connectivity index (χ2v) is 8.74. The van der Waals surface area contributed by atoms with Gasteiger partial charge in [0.05, 0.1) is 38.6 Å². The van der Waals surface area contributed by atoms with Crippen molar-refractivity contribution in [2.24, 2.45) is 11.8 Å². The molecule has 1 aliphatic rings. The zero-order valence-corrected chi connectivity index (χ0v) is 19.7. The van der Waals surface area contributed by atoms with Gasteiger partial charge in [0, 0.05) is 11.5 Å². The molecule has 5 nitrogen and oxygen atoms in total. The van der Waals surface area contributed by atoms with Gasteiger partial charge in [-0.15, -0.1) is 0 Å². The number of hydrogen-bond acceptors (Lipinski definition) is 5. The largest absolute Gasteiger partial charge is 0.497 e. The van der Waals surface area contributed by atoms with Gasteiger partial charge in [0.1, 0.15) is 5.75 Å². The monoisotopic (exact) mass is 440 g/mol. The molecule has 0 amide bonds. The van der Waals surface area contributed by atoms with Crippen molar-refractivity contribution in [3.8, 4) is 5.75 Å². The van der Waals surface area contributed by atoms with Crippen LogP contribution in [0.2, 0.25) is 0 Å². The van der Waals surface area contributed by atoms with Crippen molar-refractivity contribution in [1.29, 1.82) is 0 Å². The van der Waals surface area contributed by atoms with E-state index in [4.69, 9.17) is 18.9 Å². The molecule has 0 radical (unpaired) electrons. The van der Waals surface area contributed by atoms with Crippen molar-refractivity contribution in [2.45, 2.75) is 58.9 Å². The third-order valence-electron chi connectivity index (χ3n) is 5.99. The number of methoxy groups -OCH3 is 1. The van der Waals surface area contributed by atoms with Crippen molar-refractivity contribution in [2.75, 3.05) is 13.7 Å². The lowest BCUT2D eigenvalue weighted by atomic mass is 9.89. The Bertz CT molecular complexity index is 848. The Morgan fingerprint density at radius 2 is 1.75 bits per heavy atom. The normalized spacial score (nSPS) is 24.2. The first kappa shape index (κ1) is 24.5. The maximum Gasteiger partial charge on any atom is 0.184 e. The van der Waals surface area contributed by atoms with Crippen molar-refractivity contribution in [3.63, 3.8) is 0 Å². The average molecular weight is 441 g/mol. The van der Waals surface area contributed by atoms with E-state index in [0.717, 1.165) is 22.4 Å². The lowest BCUT2D eigenvalue weighted by Crippen LogP contribution is -2.35. The van der Waals surface area contributed by atoms with Gasteiger partial charge in [-0.1, -0.05) is 62.4 Å². The minimum atomic E-state index is -0.614. The number of ether oxygens (including phenoxy) is 4. The maximum atomic E-state index is 11.0. The molecule has 0 spiro atoms. The molecule has 1 fully saturated rings. The van der Waals surface area contributed by atoms with Crippen LogP contribution in [0.25, 0.3) is 0 Å². The molecule has 1 N–H and O–H groups in total. The molecule has 6 atom stereocenters. The van der Waals surface area contributed by atoms with Crippen molar-refractivity contribution >= 4 is 0 Å². The van der Waals surface area contributed by atoms with Crippen LogP contribution in [0.15, 0.2) is 66.2 Å². The predicted molar refractivity (Wildman–Crippen MR) is 125 cm³/mol. The second-order valence-electron chi connectivity index (χ2n) is 8.74. The van der Waals surface area contributed by atoms with Gasteiger partial charge in [0.15, 0.2) is 6.29 Å². The summed E-state index contributed by atoms with van der Waals surface area (Å²) in [7, 11) is 1.64. The fraction of sp³-hybridized carbons (Fsp3) is 0.481. The van der Waals surface area contributed by atoms with Crippen molar-refractivity contribution in [3.05, 3.63) is 77.4 Å². The molecule has 5 heteroatoms. The number of benzene rings is 2. The van der Waals surface area contributed by atoms with E-state index in [9.17, 15) is 5.11 Å². The molecule has 1 heterocycles. The Morgan fingerprint density at radius 1 is 1.06 bits per heavy atom. The lowest BCUT2D eigenvalue weighted by molar-refractivity contribution is -0.0792. The molecule has 32 heavy (non-hydrogen) atoms. The van der Waals surface area contributed by atoms with Crippen LogP contribution in [0.1, 0.15) is 45.1 Å². The molecular formula is C27H36O5. The van der Waals surface area contributed by atoms with E-state index in [2.05, 4.69) is 25.1 Å². The third-order valence-corrected chi connectivity index (χ3v) is 5.99. The number of aliphatic hydroxyl groups excluding tert-OH is 1. The van der Waals surface area contributed by atoms with Crippen LogP contribution in [0.4, 0.5) is 0 Å². The first-order chi connectivity index (χ1) is 15.4. The zero-order chi connectivity index (χ0) is 23.1. The standard InChI is InChI=1S/C27H36O5/c1-18(16-30-17-22-9-7-6-8-10-22)15-19(2)25(28)20(3)26-21(4)31-27(32-26)23-11-13-24(29-5)14-12-23/h6-15,18,20-21,25-28H,16-17H2,1-5H3/b19-15+/t18-,20-,21+,25+,26+,27?/m1/s1. The van der Waals surface area contributed by atoms with Gasteiger partial charge < -0.3 is 24.1 Å². The highest BCUT2D eigenvalue weighted by molar-refractivity contribution is 5.28. The highest BCUT2D eigenvalue weighted by Gasteiger charge is 2.40. The minimum absolute atomic E-state index is 0.109. The molecule has 3 rings (SSSR count). The van der Waals surface area contributed by atoms with E-state index in [-0.39, 0.29) is 24.0 Å². The van der Waals surface area contributed by atoms with E-state index < -0.39 is 12.4 Å². The molecule has 2 aromatic rings. The molecule has 0 aliphatic carbocycles. The van der Waals surface area contributed by atoms with Gasteiger partial charge in [0.25, 0.3) is 0 Å². The Hall–Kier alpha value is -2.18. The van der Waals surface area contributed by atoms with E-state index in [1.165, 1.54) is 0 Å². The topological polar surface area (TPSA) is 57.2 Å². The summed E-state index contributed by atoms with van der Waals surface area (Å²) < 4.78 is 23.3. The highest BCUT2D eigenvalue weighted by atomic mass is 16.7. The first-order valence-corrected chi connectivity index (χ1v) is 11.3. The van der Waals surface area contributed by atoms with Crippen LogP contribution >= 0.6 is 0 Å². The van der Waals surface area contributed by atoms with Crippen molar-refractivity contribution < 1.29 is 24.1 Å². The van der Waals surface area contributed by atoms with E-state index in [0.29, 0.717) is 13.2 Å². The fourth-order valence-corrected chi connectivity index (χ4v) is 4.15. The summed E-state index contributed by atoms with van der Waals surface area (Å²) in [6, 6.07) is 17.8. The van der Waals surface area contributed by atoms with Gasteiger partial charge >= 0.3 is 0 Å². The zero-order valence-electron chi connectivity index (χ0n) is 19.7. The molecule has 174 valence electrons.